The fourth-order valence-corrected chi connectivity index (χ4v) is 2.44. The Labute approximate surface area is 105 Å². The monoisotopic (exact) mass is 249 g/mol. The fraction of sp³-hybridized carbons (Fsp3) is 0.333. The number of thioether (sulfide) groups is 1. The van der Waals surface area contributed by atoms with E-state index >= 15 is 0 Å². The first-order valence-corrected chi connectivity index (χ1v) is 6.52. The molecule has 0 saturated carbocycles. The molecule has 0 saturated heterocycles. The first kappa shape index (κ1) is 12.0. The topological polar surface area (TPSA) is 70.2 Å². The van der Waals surface area contributed by atoms with Gasteiger partial charge in [-0.1, -0.05) is 30.0 Å². The summed E-state index contributed by atoms with van der Waals surface area (Å²) in [5.74, 6) is 0.265. The molecule has 90 valence electrons. The summed E-state index contributed by atoms with van der Waals surface area (Å²) in [5, 5.41) is 7.11. The highest BCUT2D eigenvalue weighted by atomic mass is 32.2. The highest BCUT2D eigenvalue weighted by Crippen LogP contribution is 2.27. The van der Waals surface area contributed by atoms with Crippen LogP contribution in [0.1, 0.15) is 12.0 Å². The van der Waals surface area contributed by atoms with E-state index in [2.05, 4.69) is 6.07 Å². The van der Waals surface area contributed by atoms with Gasteiger partial charge in [0, 0.05) is 12.2 Å². The Kier molecular flexibility index (Phi) is 3.68. The number of nitrogens with two attached hydrogens (primary N) is 1. The maximum Gasteiger partial charge on any atom is 0.237 e. The smallest absolute Gasteiger partial charge is 0.237 e. The van der Waals surface area contributed by atoms with Crippen molar-refractivity contribution in [3.63, 3.8) is 0 Å². The summed E-state index contributed by atoms with van der Waals surface area (Å²) in [4.78, 5) is 13.8. The normalized spacial score (nSPS) is 14.2. The Balaban J connectivity index is 2.12. The van der Waals surface area contributed by atoms with Crippen molar-refractivity contribution in [3.8, 4) is 0 Å². The number of para-hydroxylation sites is 1. The minimum Gasteiger partial charge on any atom is -0.379 e. The van der Waals surface area contributed by atoms with Gasteiger partial charge in [-0.15, -0.1) is 0 Å². The molecule has 3 N–H and O–H groups in total. The average molecular weight is 249 g/mol. The third-order valence-electron chi connectivity index (χ3n) is 2.76. The Morgan fingerprint density at radius 1 is 1.47 bits per heavy atom. The first-order valence-electron chi connectivity index (χ1n) is 5.53. The number of nitrogens with one attached hydrogen (secondary N) is 1. The molecule has 0 aromatic heterocycles. The van der Waals surface area contributed by atoms with Crippen molar-refractivity contribution in [1.82, 2.24) is 0 Å². The molecule has 17 heavy (non-hydrogen) atoms. The van der Waals surface area contributed by atoms with Crippen molar-refractivity contribution in [1.29, 1.82) is 5.41 Å². The summed E-state index contributed by atoms with van der Waals surface area (Å²) in [6, 6.07) is 7.98. The van der Waals surface area contributed by atoms with Gasteiger partial charge in [-0.2, -0.15) is 0 Å². The molecule has 1 aromatic carbocycles. The SMILES string of the molecule is N=C(N)SCC(=O)N1CCCc2ccccc21. The minimum absolute atomic E-state index is 0.0105. The zero-order valence-electron chi connectivity index (χ0n) is 9.48. The van der Waals surface area contributed by atoms with E-state index < -0.39 is 0 Å². The summed E-state index contributed by atoms with van der Waals surface area (Å²) < 4.78 is 0. The molecule has 0 spiro atoms. The van der Waals surface area contributed by atoms with Gasteiger partial charge in [-0.05, 0) is 24.5 Å². The molecule has 1 aliphatic heterocycles. The quantitative estimate of drug-likeness (QED) is 0.617. The van der Waals surface area contributed by atoms with Crippen LogP contribution < -0.4 is 10.6 Å². The number of hydrogen-bond acceptors (Lipinski definition) is 3. The summed E-state index contributed by atoms with van der Waals surface area (Å²) in [5.41, 5.74) is 7.47. The predicted octanol–water partition coefficient (Wildman–Crippen LogP) is 1.59. The highest BCUT2D eigenvalue weighted by molar-refractivity contribution is 8.14. The van der Waals surface area contributed by atoms with Crippen LogP contribution in [0.2, 0.25) is 0 Å². The third kappa shape index (κ3) is 2.79. The van der Waals surface area contributed by atoms with Crippen molar-refractivity contribution < 1.29 is 4.79 Å². The molecule has 0 radical (unpaired) electrons. The molecular weight excluding hydrogens is 234 g/mol. The molecule has 5 heteroatoms. The molecule has 4 nitrogen and oxygen atoms in total. The number of aryl methyl sites for hydroxylation is 1. The summed E-state index contributed by atoms with van der Waals surface area (Å²) >= 11 is 1.08. The van der Waals surface area contributed by atoms with Crippen LogP contribution in [0.4, 0.5) is 5.69 Å². The van der Waals surface area contributed by atoms with Crippen LogP contribution in [0.3, 0.4) is 0 Å². The molecule has 0 bridgehead atoms. The van der Waals surface area contributed by atoms with Crippen LogP contribution in [0, 0.1) is 5.41 Å². The second-order valence-corrected chi connectivity index (χ2v) is 4.95. The molecule has 1 aromatic rings. The van der Waals surface area contributed by atoms with Gasteiger partial charge in [0.25, 0.3) is 0 Å². The minimum atomic E-state index is -0.0105. The van der Waals surface area contributed by atoms with Gasteiger partial charge in [0.1, 0.15) is 0 Å². The number of carbonyl (C=O) groups is 1. The van der Waals surface area contributed by atoms with Crippen molar-refractivity contribution in [2.45, 2.75) is 12.8 Å². The van der Waals surface area contributed by atoms with Crippen LogP contribution in [0.5, 0.6) is 0 Å². The lowest BCUT2D eigenvalue weighted by atomic mass is 10.0. The second-order valence-electron chi connectivity index (χ2n) is 3.93. The van der Waals surface area contributed by atoms with E-state index in [1.54, 1.807) is 4.90 Å². The van der Waals surface area contributed by atoms with E-state index in [1.807, 2.05) is 18.2 Å². The van der Waals surface area contributed by atoms with Crippen LogP contribution in [0.25, 0.3) is 0 Å². The molecule has 2 rings (SSSR count). The number of fused-ring (bicyclic) bond motifs is 1. The van der Waals surface area contributed by atoms with Gasteiger partial charge in [-0.25, -0.2) is 0 Å². The third-order valence-corrected chi connectivity index (χ3v) is 3.46. The molecule has 0 unspecified atom stereocenters. The van der Waals surface area contributed by atoms with E-state index in [1.165, 1.54) is 5.56 Å². The number of carbonyl (C=O) groups excluding carboxylic acids is 1. The Bertz CT molecular complexity index is 447. The molecule has 1 heterocycles. The molecule has 1 amide bonds. The predicted molar refractivity (Wildman–Crippen MR) is 71.5 cm³/mol. The van der Waals surface area contributed by atoms with E-state index in [0.717, 1.165) is 36.8 Å². The summed E-state index contributed by atoms with van der Waals surface area (Å²) in [6.07, 6.45) is 2.02. The lowest BCUT2D eigenvalue weighted by Gasteiger charge is -2.29. The maximum atomic E-state index is 12.0. The number of nitrogens with zero attached hydrogens (tertiary/aromatic N) is 1. The number of amidine groups is 1. The molecule has 0 atom stereocenters. The van der Waals surface area contributed by atoms with E-state index in [-0.39, 0.29) is 16.8 Å². The van der Waals surface area contributed by atoms with Gasteiger partial charge in [0.2, 0.25) is 5.91 Å². The van der Waals surface area contributed by atoms with E-state index in [0.29, 0.717) is 0 Å². The zero-order chi connectivity index (χ0) is 12.3. The van der Waals surface area contributed by atoms with Crippen molar-refractivity contribution in [3.05, 3.63) is 29.8 Å². The number of rotatable bonds is 2. The van der Waals surface area contributed by atoms with Gasteiger partial charge in [0.15, 0.2) is 5.17 Å². The summed E-state index contributed by atoms with van der Waals surface area (Å²) in [7, 11) is 0. The number of amides is 1. The fourth-order valence-electron chi connectivity index (χ4n) is 2.01. The van der Waals surface area contributed by atoms with Crippen LogP contribution in [-0.4, -0.2) is 23.4 Å². The van der Waals surface area contributed by atoms with Crippen LogP contribution >= 0.6 is 11.8 Å². The van der Waals surface area contributed by atoms with E-state index in [9.17, 15) is 4.79 Å². The standard InChI is InChI=1S/C12H15N3OS/c13-12(14)17-8-11(16)15-7-3-5-9-4-1-2-6-10(9)15/h1-2,4,6H,3,5,7-8H2,(H3,13,14). The van der Waals surface area contributed by atoms with Crippen LogP contribution in [0.15, 0.2) is 24.3 Å². The Hall–Kier alpha value is -1.49. The number of benzene rings is 1. The van der Waals surface area contributed by atoms with Crippen molar-refractivity contribution in [2.75, 3.05) is 17.2 Å². The zero-order valence-corrected chi connectivity index (χ0v) is 10.3. The first-order chi connectivity index (χ1) is 8.18. The maximum absolute atomic E-state index is 12.0. The van der Waals surface area contributed by atoms with Gasteiger partial charge < -0.3 is 10.6 Å². The van der Waals surface area contributed by atoms with Gasteiger partial charge >= 0.3 is 0 Å². The molecule has 0 aliphatic carbocycles. The molecule has 1 aliphatic rings. The average Bonchev–Trinajstić information content (AvgIpc) is 2.35. The van der Waals surface area contributed by atoms with Gasteiger partial charge in [0.05, 0.1) is 5.75 Å². The Morgan fingerprint density at radius 2 is 2.24 bits per heavy atom. The largest absolute Gasteiger partial charge is 0.379 e. The van der Waals surface area contributed by atoms with Crippen LogP contribution in [-0.2, 0) is 11.2 Å². The number of anilines is 1. The van der Waals surface area contributed by atoms with Crippen molar-refractivity contribution in [2.24, 2.45) is 5.73 Å². The second kappa shape index (κ2) is 5.23. The lowest BCUT2D eigenvalue weighted by molar-refractivity contribution is -0.116. The van der Waals surface area contributed by atoms with Gasteiger partial charge in [-0.3, -0.25) is 10.2 Å². The Morgan fingerprint density at radius 3 is 3.00 bits per heavy atom. The molecule has 0 fully saturated rings. The highest BCUT2D eigenvalue weighted by Gasteiger charge is 2.21. The van der Waals surface area contributed by atoms with E-state index in [4.69, 9.17) is 11.1 Å². The van der Waals surface area contributed by atoms with Crippen molar-refractivity contribution >= 4 is 28.5 Å². The summed E-state index contributed by atoms with van der Waals surface area (Å²) in [6.45, 7) is 0.758. The number of hydrogen-bond donors (Lipinski definition) is 2. The molecular formula is C12H15N3OS. The lowest BCUT2D eigenvalue weighted by Crippen LogP contribution is -2.37.